The Morgan fingerprint density at radius 1 is 1.24 bits per heavy atom. The van der Waals surface area contributed by atoms with E-state index in [0.717, 1.165) is 26.1 Å². The SMILES string of the molecule is CC(C)(C)N1CCO[C@@H](Cc2ccccc2)C1. The molecule has 1 aliphatic heterocycles. The maximum Gasteiger partial charge on any atom is 0.0743 e. The summed E-state index contributed by atoms with van der Waals surface area (Å²) in [4.78, 5) is 2.52. The Balaban J connectivity index is 1.94. The van der Waals surface area contributed by atoms with Crippen LogP contribution in [0.1, 0.15) is 26.3 Å². The summed E-state index contributed by atoms with van der Waals surface area (Å²) in [5.41, 5.74) is 1.62. The van der Waals surface area contributed by atoms with Crippen LogP contribution < -0.4 is 0 Å². The van der Waals surface area contributed by atoms with Crippen molar-refractivity contribution in [2.75, 3.05) is 19.7 Å². The van der Waals surface area contributed by atoms with E-state index in [2.05, 4.69) is 56.0 Å². The zero-order chi connectivity index (χ0) is 12.3. The van der Waals surface area contributed by atoms with E-state index in [1.807, 2.05) is 0 Å². The van der Waals surface area contributed by atoms with Crippen LogP contribution in [0.4, 0.5) is 0 Å². The van der Waals surface area contributed by atoms with E-state index in [1.165, 1.54) is 5.56 Å². The Kier molecular flexibility index (Phi) is 3.85. The molecule has 2 heteroatoms. The largest absolute Gasteiger partial charge is 0.375 e. The van der Waals surface area contributed by atoms with Gasteiger partial charge in [-0.3, -0.25) is 4.90 Å². The Morgan fingerprint density at radius 2 is 1.94 bits per heavy atom. The molecule has 2 nitrogen and oxygen atoms in total. The molecule has 0 N–H and O–H groups in total. The van der Waals surface area contributed by atoms with Gasteiger partial charge in [-0.2, -0.15) is 0 Å². The van der Waals surface area contributed by atoms with Gasteiger partial charge in [0.25, 0.3) is 0 Å². The number of morpholine rings is 1. The third-order valence-electron chi connectivity index (χ3n) is 3.39. The molecule has 0 spiro atoms. The Morgan fingerprint density at radius 3 is 2.59 bits per heavy atom. The predicted molar refractivity (Wildman–Crippen MR) is 71.2 cm³/mol. The van der Waals surface area contributed by atoms with Gasteiger partial charge in [0.05, 0.1) is 12.7 Å². The van der Waals surface area contributed by atoms with E-state index in [4.69, 9.17) is 4.74 Å². The minimum atomic E-state index is 0.249. The van der Waals surface area contributed by atoms with Crippen molar-refractivity contribution in [3.8, 4) is 0 Å². The van der Waals surface area contributed by atoms with Crippen LogP contribution >= 0.6 is 0 Å². The second-order valence-electron chi connectivity index (χ2n) is 5.80. The number of hydrogen-bond donors (Lipinski definition) is 0. The Labute approximate surface area is 105 Å². The molecule has 0 radical (unpaired) electrons. The van der Waals surface area contributed by atoms with Crippen molar-refractivity contribution in [3.05, 3.63) is 35.9 Å². The number of ether oxygens (including phenoxy) is 1. The summed E-state index contributed by atoms with van der Waals surface area (Å²) in [7, 11) is 0. The van der Waals surface area contributed by atoms with Gasteiger partial charge in [0.1, 0.15) is 0 Å². The topological polar surface area (TPSA) is 12.5 Å². The quantitative estimate of drug-likeness (QED) is 0.779. The van der Waals surface area contributed by atoms with Crippen LogP contribution in [0.2, 0.25) is 0 Å². The van der Waals surface area contributed by atoms with E-state index in [-0.39, 0.29) is 5.54 Å². The molecule has 1 fully saturated rings. The average Bonchev–Trinajstić information content (AvgIpc) is 2.29. The van der Waals surface area contributed by atoms with Crippen molar-refractivity contribution in [2.45, 2.75) is 38.8 Å². The third kappa shape index (κ3) is 3.55. The zero-order valence-electron chi connectivity index (χ0n) is 11.1. The summed E-state index contributed by atoms with van der Waals surface area (Å²) in [6.07, 6.45) is 1.36. The lowest BCUT2D eigenvalue weighted by Crippen LogP contribution is -2.51. The maximum absolute atomic E-state index is 5.87. The Hall–Kier alpha value is -0.860. The second kappa shape index (κ2) is 5.19. The van der Waals surface area contributed by atoms with Crippen LogP contribution in [0.3, 0.4) is 0 Å². The number of nitrogens with zero attached hydrogens (tertiary/aromatic N) is 1. The van der Waals surface area contributed by atoms with E-state index in [0.29, 0.717) is 6.10 Å². The first-order valence-corrected chi connectivity index (χ1v) is 6.46. The van der Waals surface area contributed by atoms with Crippen LogP contribution in [0, 0.1) is 0 Å². The van der Waals surface area contributed by atoms with Crippen LogP contribution in [0.15, 0.2) is 30.3 Å². The molecule has 0 aliphatic carbocycles. The van der Waals surface area contributed by atoms with E-state index < -0.39 is 0 Å². The second-order valence-corrected chi connectivity index (χ2v) is 5.80. The lowest BCUT2D eigenvalue weighted by atomic mass is 10.0. The lowest BCUT2D eigenvalue weighted by Gasteiger charge is -2.41. The predicted octanol–water partition coefficient (Wildman–Crippen LogP) is 2.73. The van der Waals surface area contributed by atoms with Gasteiger partial charge in [-0.25, -0.2) is 0 Å². The van der Waals surface area contributed by atoms with Crippen molar-refractivity contribution in [1.82, 2.24) is 4.90 Å². The van der Waals surface area contributed by atoms with E-state index >= 15 is 0 Å². The fourth-order valence-corrected chi connectivity index (χ4v) is 2.33. The van der Waals surface area contributed by atoms with Crippen LogP contribution in [-0.2, 0) is 11.2 Å². The molecule has 1 aliphatic rings. The minimum Gasteiger partial charge on any atom is -0.375 e. The molecule has 2 rings (SSSR count). The first-order chi connectivity index (χ1) is 8.05. The van der Waals surface area contributed by atoms with Gasteiger partial charge in [-0.1, -0.05) is 30.3 Å². The fraction of sp³-hybridized carbons (Fsp3) is 0.600. The first-order valence-electron chi connectivity index (χ1n) is 6.46. The summed E-state index contributed by atoms with van der Waals surface area (Å²) in [5, 5.41) is 0. The molecule has 0 saturated carbocycles. The molecular formula is C15H23NO. The smallest absolute Gasteiger partial charge is 0.0743 e. The molecule has 17 heavy (non-hydrogen) atoms. The summed E-state index contributed by atoms with van der Waals surface area (Å²) in [5.74, 6) is 0. The molecule has 1 atom stereocenters. The lowest BCUT2D eigenvalue weighted by molar-refractivity contribution is -0.0571. The highest BCUT2D eigenvalue weighted by Crippen LogP contribution is 2.19. The number of hydrogen-bond acceptors (Lipinski definition) is 2. The minimum absolute atomic E-state index is 0.249. The van der Waals surface area contributed by atoms with Crippen molar-refractivity contribution >= 4 is 0 Å². The van der Waals surface area contributed by atoms with Crippen LogP contribution in [-0.4, -0.2) is 36.2 Å². The first kappa shape index (κ1) is 12.6. The van der Waals surface area contributed by atoms with E-state index in [9.17, 15) is 0 Å². The van der Waals surface area contributed by atoms with Crippen molar-refractivity contribution in [1.29, 1.82) is 0 Å². The summed E-state index contributed by atoms with van der Waals surface area (Å²) >= 11 is 0. The molecule has 0 bridgehead atoms. The molecule has 1 heterocycles. The van der Waals surface area contributed by atoms with Gasteiger partial charge < -0.3 is 4.74 Å². The number of rotatable bonds is 2. The number of benzene rings is 1. The molecular weight excluding hydrogens is 210 g/mol. The molecule has 0 aromatic heterocycles. The normalized spacial score (nSPS) is 22.6. The third-order valence-corrected chi connectivity index (χ3v) is 3.39. The monoisotopic (exact) mass is 233 g/mol. The molecule has 0 unspecified atom stereocenters. The highest BCUT2D eigenvalue weighted by molar-refractivity contribution is 5.15. The van der Waals surface area contributed by atoms with E-state index in [1.54, 1.807) is 0 Å². The molecule has 0 amide bonds. The average molecular weight is 233 g/mol. The zero-order valence-corrected chi connectivity index (χ0v) is 11.1. The van der Waals surface area contributed by atoms with Gasteiger partial charge in [0.2, 0.25) is 0 Å². The van der Waals surface area contributed by atoms with Gasteiger partial charge in [-0.05, 0) is 32.8 Å². The van der Waals surface area contributed by atoms with Crippen molar-refractivity contribution < 1.29 is 4.74 Å². The van der Waals surface area contributed by atoms with Gasteiger partial charge >= 0.3 is 0 Å². The molecule has 1 aromatic rings. The van der Waals surface area contributed by atoms with Crippen molar-refractivity contribution in [2.24, 2.45) is 0 Å². The van der Waals surface area contributed by atoms with Gasteiger partial charge in [0, 0.05) is 18.6 Å². The summed E-state index contributed by atoms with van der Waals surface area (Å²) in [6.45, 7) is 9.77. The fourth-order valence-electron chi connectivity index (χ4n) is 2.33. The van der Waals surface area contributed by atoms with Gasteiger partial charge in [0.15, 0.2) is 0 Å². The van der Waals surface area contributed by atoms with Gasteiger partial charge in [-0.15, -0.1) is 0 Å². The molecule has 1 aromatic carbocycles. The summed E-state index contributed by atoms with van der Waals surface area (Å²) < 4.78 is 5.87. The highest BCUT2D eigenvalue weighted by atomic mass is 16.5. The molecule has 94 valence electrons. The Bertz CT molecular complexity index is 342. The highest BCUT2D eigenvalue weighted by Gasteiger charge is 2.28. The maximum atomic E-state index is 5.87. The van der Waals surface area contributed by atoms with Crippen LogP contribution in [0.25, 0.3) is 0 Å². The molecule has 1 saturated heterocycles. The van der Waals surface area contributed by atoms with Crippen molar-refractivity contribution in [3.63, 3.8) is 0 Å². The summed E-state index contributed by atoms with van der Waals surface area (Å²) in [6, 6.07) is 10.6. The van der Waals surface area contributed by atoms with Crippen LogP contribution in [0.5, 0.6) is 0 Å². The standard InChI is InChI=1S/C15H23NO/c1-15(2,3)16-9-10-17-14(12-16)11-13-7-5-4-6-8-13/h4-8,14H,9-12H2,1-3H3/t14-/m0/s1.